The van der Waals surface area contributed by atoms with Crippen molar-refractivity contribution in [2.75, 3.05) is 0 Å². The molecule has 1 N–H and O–H groups in total. The summed E-state index contributed by atoms with van der Waals surface area (Å²) < 4.78 is 1.06. The molecule has 0 atom stereocenters. The van der Waals surface area contributed by atoms with Crippen LogP contribution in [-0.4, -0.2) is 15.7 Å². The first kappa shape index (κ1) is 10.5. The molecule has 82 valence electrons. The van der Waals surface area contributed by atoms with Crippen LogP contribution in [0.3, 0.4) is 0 Å². The zero-order valence-electron chi connectivity index (χ0n) is 9.27. The smallest absolute Gasteiger partial charge is 0.161 e. The highest BCUT2D eigenvalue weighted by Gasteiger charge is 2.14. The molecular formula is C13H13NO2. The van der Waals surface area contributed by atoms with E-state index in [1.54, 1.807) is 13.0 Å². The molecule has 0 unspecified atom stereocenters. The van der Waals surface area contributed by atoms with Crippen molar-refractivity contribution in [1.29, 1.82) is 0 Å². The molecule has 0 saturated heterocycles. The monoisotopic (exact) mass is 215 g/mol. The molecule has 0 amide bonds. The van der Waals surface area contributed by atoms with Crippen molar-refractivity contribution in [3.05, 3.63) is 47.7 Å². The zero-order valence-corrected chi connectivity index (χ0v) is 9.27. The van der Waals surface area contributed by atoms with E-state index in [-0.39, 0.29) is 5.78 Å². The van der Waals surface area contributed by atoms with Crippen molar-refractivity contribution in [1.82, 2.24) is 4.73 Å². The highest BCUT2D eigenvalue weighted by molar-refractivity contribution is 5.96. The maximum absolute atomic E-state index is 11.3. The SMILES string of the molecule is CC(=O)c1cc(-c2ccccc2)n(O)c1C. The van der Waals surface area contributed by atoms with Gasteiger partial charge in [0.2, 0.25) is 0 Å². The summed E-state index contributed by atoms with van der Waals surface area (Å²) in [6.45, 7) is 3.22. The van der Waals surface area contributed by atoms with Gasteiger partial charge in [-0.15, -0.1) is 0 Å². The minimum atomic E-state index is -0.0394. The Morgan fingerprint density at radius 3 is 2.38 bits per heavy atom. The van der Waals surface area contributed by atoms with Crippen LogP contribution in [0.5, 0.6) is 0 Å². The van der Waals surface area contributed by atoms with Gasteiger partial charge < -0.3 is 5.21 Å². The highest BCUT2D eigenvalue weighted by Crippen LogP contribution is 2.24. The molecule has 0 aliphatic rings. The number of carbonyl (C=O) groups is 1. The first-order valence-electron chi connectivity index (χ1n) is 5.09. The second kappa shape index (κ2) is 3.85. The number of carbonyl (C=O) groups excluding carboxylic acids is 1. The van der Waals surface area contributed by atoms with Crippen LogP contribution in [0.4, 0.5) is 0 Å². The molecule has 2 aromatic rings. The second-order valence-corrected chi connectivity index (χ2v) is 3.76. The molecular weight excluding hydrogens is 202 g/mol. The van der Waals surface area contributed by atoms with Crippen molar-refractivity contribution < 1.29 is 10.0 Å². The summed E-state index contributed by atoms with van der Waals surface area (Å²) in [5.41, 5.74) is 2.66. The Morgan fingerprint density at radius 2 is 1.88 bits per heavy atom. The fourth-order valence-corrected chi connectivity index (χ4v) is 1.77. The number of rotatable bonds is 2. The van der Waals surface area contributed by atoms with Crippen LogP contribution in [0.15, 0.2) is 36.4 Å². The van der Waals surface area contributed by atoms with Gasteiger partial charge in [0.1, 0.15) is 0 Å². The zero-order chi connectivity index (χ0) is 11.7. The molecule has 0 radical (unpaired) electrons. The van der Waals surface area contributed by atoms with E-state index in [2.05, 4.69) is 0 Å². The Balaban J connectivity index is 2.60. The number of ketones is 1. The molecule has 2 rings (SSSR count). The topological polar surface area (TPSA) is 42.2 Å². The molecule has 0 aliphatic heterocycles. The standard InChI is InChI=1S/C13H13NO2/c1-9-12(10(2)15)8-13(14(9)16)11-6-4-3-5-7-11/h3-8,16H,1-2H3. The lowest BCUT2D eigenvalue weighted by molar-refractivity contribution is 0.101. The molecule has 16 heavy (non-hydrogen) atoms. The predicted octanol–water partition coefficient (Wildman–Crippen LogP) is 2.90. The average Bonchev–Trinajstić information content (AvgIpc) is 2.58. The van der Waals surface area contributed by atoms with Crippen molar-refractivity contribution in [3.8, 4) is 11.3 Å². The van der Waals surface area contributed by atoms with E-state index in [4.69, 9.17) is 0 Å². The third-order valence-electron chi connectivity index (χ3n) is 2.67. The molecule has 1 heterocycles. The van der Waals surface area contributed by atoms with Gasteiger partial charge in [-0.25, -0.2) is 0 Å². The summed E-state index contributed by atoms with van der Waals surface area (Å²) in [5.74, 6) is -0.0394. The second-order valence-electron chi connectivity index (χ2n) is 3.76. The van der Waals surface area contributed by atoms with E-state index in [0.717, 1.165) is 10.3 Å². The van der Waals surface area contributed by atoms with Gasteiger partial charge >= 0.3 is 0 Å². The van der Waals surface area contributed by atoms with Crippen LogP contribution in [-0.2, 0) is 0 Å². The van der Waals surface area contributed by atoms with E-state index in [1.807, 2.05) is 30.3 Å². The Hall–Kier alpha value is -2.03. The van der Waals surface area contributed by atoms with Gasteiger partial charge in [0.05, 0.1) is 11.4 Å². The van der Waals surface area contributed by atoms with Crippen LogP contribution in [0.1, 0.15) is 23.0 Å². The lowest BCUT2D eigenvalue weighted by Crippen LogP contribution is -1.98. The van der Waals surface area contributed by atoms with Gasteiger partial charge in [-0.3, -0.25) is 4.79 Å². The fraction of sp³-hybridized carbons (Fsp3) is 0.154. The molecule has 0 saturated carbocycles. The third kappa shape index (κ3) is 1.60. The van der Waals surface area contributed by atoms with E-state index in [0.29, 0.717) is 17.0 Å². The van der Waals surface area contributed by atoms with Gasteiger partial charge in [-0.2, -0.15) is 4.73 Å². The third-order valence-corrected chi connectivity index (χ3v) is 2.67. The molecule has 0 bridgehead atoms. The summed E-state index contributed by atoms with van der Waals surface area (Å²) in [7, 11) is 0. The summed E-state index contributed by atoms with van der Waals surface area (Å²) in [6.07, 6.45) is 0. The van der Waals surface area contributed by atoms with Crippen molar-refractivity contribution >= 4 is 5.78 Å². The van der Waals surface area contributed by atoms with Gasteiger partial charge in [-0.05, 0) is 19.9 Å². The van der Waals surface area contributed by atoms with E-state index >= 15 is 0 Å². The Bertz CT molecular complexity index is 526. The molecule has 3 heteroatoms. The van der Waals surface area contributed by atoms with Gasteiger partial charge in [-0.1, -0.05) is 30.3 Å². The highest BCUT2D eigenvalue weighted by atomic mass is 16.5. The lowest BCUT2D eigenvalue weighted by atomic mass is 10.1. The summed E-state index contributed by atoms with van der Waals surface area (Å²) in [4.78, 5) is 11.3. The van der Waals surface area contributed by atoms with E-state index in [1.165, 1.54) is 6.92 Å². The van der Waals surface area contributed by atoms with E-state index in [9.17, 15) is 10.0 Å². The van der Waals surface area contributed by atoms with Gasteiger partial charge in [0, 0.05) is 11.1 Å². The number of hydrogen-bond acceptors (Lipinski definition) is 2. The van der Waals surface area contributed by atoms with Gasteiger partial charge in [0.15, 0.2) is 5.78 Å². The van der Waals surface area contributed by atoms with Gasteiger partial charge in [0.25, 0.3) is 0 Å². The van der Waals surface area contributed by atoms with Crippen LogP contribution in [0.25, 0.3) is 11.3 Å². The summed E-state index contributed by atoms with van der Waals surface area (Å²) in [6, 6.07) is 11.2. The predicted molar refractivity (Wildman–Crippen MR) is 61.8 cm³/mol. The number of nitrogens with zero attached hydrogens (tertiary/aromatic N) is 1. The first-order valence-corrected chi connectivity index (χ1v) is 5.09. The van der Waals surface area contributed by atoms with Crippen molar-refractivity contribution in [2.24, 2.45) is 0 Å². The lowest BCUT2D eigenvalue weighted by Gasteiger charge is -2.02. The minimum Gasteiger partial charge on any atom is -0.428 e. The van der Waals surface area contributed by atoms with Crippen LogP contribution in [0.2, 0.25) is 0 Å². The molecule has 0 fully saturated rings. The van der Waals surface area contributed by atoms with Crippen LogP contribution < -0.4 is 0 Å². The van der Waals surface area contributed by atoms with Crippen molar-refractivity contribution in [3.63, 3.8) is 0 Å². The molecule has 0 spiro atoms. The normalized spacial score (nSPS) is 10.4. The Kier molecular flexibility index (Phi) is 2.52. The first-order chi connectivity index (χ1) is 7.61. The van der Waals surface area contributed by atoms with Crippen LogP contribution >= 0.6 is 0 Å². The number of Topliss-reactive ketones (excluding diaryl/α,β-unsaturated/α-hetero) is 1. The maximum Gasteiger partial charge on any atom is 0.161 e. The maximum atomic E-state index is 11.3. The van der Waals surface area contributed by atoms with Crippen LogP contribution in [0, 0.1) is 6.92 Å². The fourth-order valence-electron chi connectivity index (χ4n) is 1.77. The number of aromatic nitrogens is 1. The number of hydrogen-bond donors (Lipinski definition) is 1. The quantitative estimate of drug-likeness (QED) is 0.618. The minimum absolute atomic E-state index is 0.0394. The molecule has 3 nitrogen and oxygen atoms in total. The van der Waals surface area contributed by atoms with E-state index < -0.39 is 0 Å². The Morgan fingerprint density at radius 1 is 1.25 bits per heavy atom. The van der Waals surface area contributed by atoms with Crippen molar-refractivity contribution in [2.45, 2.75) is 13.8 Å². The molecule has 1 aromatic carbocycles. The summed E-state index contributed by atoms with van der Waals surface area (Å²) >= 11 is 0. The number of benzene rings is 1. The Labute approximate surface area is 93.9 Å². The largest absolute Gasteiger partial charge is 0.428 e. The molecule has 1 aromatic heterocycles. The average molecular weight is 215 g/mol. The summed E-state index contributed by atoms with van der Waals surface area (Å²) in [5, 5.41) is 9.89. The molecule has 0 aliphatic carbocycles.